The zero-order chi connectivity index (χ0) is 33.5. The van der Waals surface area contributed by atoms with E-state index in [-0.39, 0.29) is 105 Å². The molecule has 5 N–H and O–H groups in total. The van der Waals surface area contributed by atoms with E-state index in [9.17, 15) is 44.4 Å². The summed E-state index contributed by atoms with van der Waals surface area (Å²) in [6, 6.07) is 9.07. The number of aromatic nitrogens is 1. The van der Waals surface area contributed by atoms with Crippen LogP contribution in [-0.2, 0) is 19.2 Å². The van der Waals surface area contributed by atoms with E-state index in [1.807, 2.05) is 0 Å². The summed E-state index contributed by atoms with van der Waals surface area (Å²) in [4.78, 5) is 63.1. The molecule has 0 radical (unpaired) electrons. The van der Waals surface area contributed by atoms with Gasteiger partial charge in [0.1, 0.15) is 56.5 Å². The van der Waals surface area contributed by atoms with Crippen LogP contribution in [0.5, 0.6) is 11.5 Å². The molecule has 0 saturated carbocycles. The minimum absolute atomic E-state index is 0. The van der Waals surface area contributed by atoms with Crippen molar-refractivity contribution >= 4 is 104 Å². The summed E-state index contributed by atoms with van der Waals surface area (Å²) in [5.41, 5.74) is 1.16. The number of rotatable bonds is 17. The molecular weight excluding hydrogens is 653 g/mol. The molecule has 0 unspecified atom stereocenters. The van der Waals surface area contributed by atoms with Gasteiger partial charge < -0.3 is 53.6 Å². The molecule has 0 bridgehead atoms. The number of oxazole rings is 1. The molecule has 0 amide bonds. The first-order chi connectivity index (χ1) is 21.8. The van der Waals surface area contributed by atoms with E-state index in [4.69, 9.17) is 23.4 Å². The zero-order valence-electron chi connectivity index (χ0n) is 24.0. The Balaban J connectivity index is 0.00000600. The first-order valence-electron chi connectivity index (χ1n) is 13.3. The number of carboxylic acids is 5. The van der Waals surface area contributed by atoms with Gasteiger partial charge in [0.05, 0.1) is 17.6 Å². The van der Waals surface area contributed by atoms with E-state index < -0.39 is 61.8 Å². The summed E-state index contributed by atoms with van der Waals surface area (Å²) >= 11 is 0. The van der Waals surface area contributed by atoms with E-state index in [0.717, 1.165) is 21.6 Å². The van der Waals surface area contributed by atoms with Gasteiger partial charge in [-0.15, -0.1) is 0 Å². The number of aliphatic carboxylic acids is 4. The third-order valence-electron chi connectivity index (χ3n) is 6.22. The SMILES string of the molecule is Cc1ccc(N(CC(=O)O)CC(=O)O)c(OCCOc2cc3cc(-c4ncc(C(=O)O)o4)oc3cc2N(CC(=O)O)CC(=O)O)c1.[KH]. The van der Waals surface area contributed by atoms with Gasteiger partial charge in [-0.3, -0.25) is 19.2 Å². The topological polar surface area (TPSA) is 251 Å². The average molecular weight is 682 g/mol. The van der Waals surface area contributed by atoms with E-state index in [1.54, 1.807) is 19.1 Å². The molecule has 17 nitrogen and oxygen atoms in total. The number of anilines is 2. The van der Waals surface area contributed by atoms with Gasteiger partial charge in [0.15, 0.2) is 5.76 Å². The van der Waals surface area contributed by atoms with Crippen LogP contribution in [0.2, 0.25) is 0 Å². The zero-order valence-corrected chi connectivity index (χ0v) is 24.0. The van der Waals surface area contributed by atoms with Crippen LogP contribution in [0.1, 0.15) is 16.1 Å². The van der Waals surface area contributed by atoms with Crippen molar-refractivity contribution in [1.29, 1.82) is 0 Å². The number of ether oxygens (including phenoxy) is 2. The van der Waals surface area contributed by atoms with Crippen LogP contribution in [0.3, 0.4) is 0 Å². The molecule has 18 heteroatoms. The maximum absolute atomic E-state index is 11.6. The fourth-order valence-corrected chi connectivity index (χ4v) is 4.42. The average Bonchev–Trinajstić information content (AvgIpc) is 3.61. The summed E-state index contributed by atoms with van der Waals surface area (Å²) in [5.74, 6) is -6.80. The molecule has 0 aliphatic heterocycles. The van der Waals surface area contributed by atoms with Crippen molar-refractivity contribution in [3.63, 3.8) is 0 Å². The Labute approximate surface area is 307 Å². The first-order valence-corrected chi connectivity index (χ1v) is 13.3. The van der Waals surface area contributed by atoms with E-state index >= 15 is 0 Å². The molecule has 4 aromatic rings. The number of furan rings is 1. The Kier molecular flexibility index (Phi) is 12.8. The van der Waals surface area contributed by atoms with Gasteiger partial charge >= 0.3 is 81.2 Å². The van der Waals surface area contributed by atoms with Crippen LogP contribution < -0.4 is 19.3 Å². The van der Waals surface area contributed by atoms with Crippen molar-refractivity contribution in [3.05, 3.63) is 53.9 Å². The molecule has 0 saturated heterocycles. The summed E-state index contributed by atoms with van der Waals surface area (Å²) < 4.78 is 22.7. The number of benzene rings is 2. The molecule has 0 aliphatic carbocycles. The summed E-state index contributed by atoms with van der Waals surface area (Å²) in [6.45, 7) is -1.20. The number of carbonyl (C=O) groups is 5. The second-order valence-corrected chi connectivity index (χ2v) is 9.76. The second-order valence-electron chi connectivity index (χ2n) is 9.76. The molecule has 0 spiro atoms. The van der Waals surface area contributed by atoms with Gasteiger partial charge in [0, 0.05) is 11.5 Å². The van der Waals surface area contributed by atoms with Crippen molar-refractivity contribution in [2.75, 3.05) is 49.2 Å². The Morgan fingerprint density at radius 2 is 1.26 bits per heavy atom. The monoisotopic (exact) mass is 681 g/mol. The molecule has 4 rings (SSSR count). The third-order valence-corrected chi connectivity index (χ3v) is 6.22. The molecule has 244 valence electrons. The van der Waals surface area contributed by atoms with Crippen molar-refractivity contribution in [2.24, 2.45) is 0 Å². The number of hydrogen-bond acceptors (Lipinski definition) is 12. The fourth-order valence-electron chi connectivity index (χ4n) is 4.42. The van der Waals surface area contributed by atoms with Gasteiger partial charge in [-0.05, 0) is 36.8 Å². The normalized spacial score (nSPS) is 10.6. The Morgan fingerprint density at radius 3 is 1.77 bits per heavy atom. The number of hydrogen-bond donors (Lipinski definition) is 5. The Hall–Kier alpha value is -4.62. The Bertz CT molecular complexity index is 1770. The molecule has 2 heterocycles. The summed E-state index contributed by atoms with van der Waals surface area (Å²) in [6.07, 6.45) is 0.995. The summed E-state index contributed by atoms with van der Waals surface area (Å²) in [5, 5.41) is 47.0. The molecule has 0 fully saturated rings. The van der Waals surface area contributed by atoms with E-state index in [1.165, 1.54) is 24.3 Å². The van der Waals surface area contributed by atoms with Crippen LogP contribution in [-0.4, -0.2) is 151 Å². The molecule has 47 heavy (non-hydrogen) atoms. The second kappa shape index (κ2) is 16.3. The molecule has 0 atom stereocenters. The Morgan fingerprint density at radius 1 is 0.723 bits per heavy atom. The summed E-state index contributed by atoms with van der Waals surface area (Å²) in [7, 11) is 0. The van der Waals surface area contributed by atoms with Crippen molar-refractivity contribution in [3.8, 4) is 23.1 Å². The van der Waals surface area contributed by atoms with Gasteiger partial charge in [-0.25, -0.2) is 9.78 Å². The van der Waals surface area contributed by atoms with E-state index in [2.05, 4.69) is 4.98 Å². The van der Waals surface area contributed by atoms with Gasteiger partial charge in [0.25, 0.3) is 5.89 Å². The first kappa shape index (κ1) is 36.8. The van der Waals surface area contributed by atoms with Gasteiger partial charge in [-0.2, -0.15) is 0 Å². The van der Waals surface area contributed by atoms with Crippen molar-refractivity contribution in [2.45, 2.75) is 6.92 Å². The van der Waals surface area contributed by atoms with Crippen molar-refractivity contribution in [1.82, 2.24) is 4.98 Å². The predicted octanol–water partition coefficient (Wildman–Crippen LogP) is 1.85. The minimum atomic E-state index is -1.35. The molecule has 2 aromatic carbocycles. The number of fused-ring (bicyclic) bond motifs is 1. The van der Waals surface area contributed by atoms with Gasteiger partial charge in [-0.1, -0.05) is 6.07 Å². The van der Waals surface area contributed by atoms with Crippen LogP contribution >= 0.6 is 0 Å². The maximum atomic E-state index is 11.6. The van der Waals surface area contributed by atoms with Crippen molar-refractivity contribution < 1.29 is 67.8 Å². The molecule has 2 aromatic heterocycles. The number of carboxylic acid groups (broad SMARTS) is 5. The predicted molar refractivity (Wildman–Crippen MR) is 163 cm³/mol. The quantitative estimate of drug-likeness (QED) is 0.0787. The van der Waals surface area contributed by atoms with Gasteiger partial charge in [0.2, 0.25) is 5.76 Å². The molecular formula is C29H28KN3O14. The van der Waals surface area contributed by atoms with Crippen LogP contribution in [0.4, 0.5) is 11.4 Å². The third kappa shape index (κ3) is 9.93. The fraction of sp³-hybridized carbons (Fsp3) is 0.241. The van der Waals surface area contributed by atoms with Crippen LogP contribution in [0, 0.1) is 6.92 Å². The van der Waals surface area contributed by atoms with Crippen LogP contribution in [0.15, 0.2) is 51.4 Å². The molecule has 0 aliphatic rings. The number of aryl methyl sites for hydroxylation is 1. The number of aromatic carboxylic acids is 1. The van der Waals surface area contributed by atoms with Crippen LogP contribution in [0.25, 0.3) is 22.6 Å². The van der Waals surface area contributed by atoms with E-state index in [0.29, 0.717) is 5.39 Å². The standard InChI is InChI=1S/C29H27N3O14.K.H/c1-15-2-3-17(31(11-24(33)34)12-25(35)36)20(6-15)43-4-5-44-21-7-16-8-22(28-30-10-23(46-28)29(41)42)45-19(16)9-18(21)32(13-26(37)38)14-27(39)40;;/h2-3,6-10H,4-5,11-14H2,1H3,(H,33,34)(H,35,36)(H,37,38)(H,39,40)(H,41,42);;. The number of nitrogens with zero attached hydrogens (tertiary/aromatic N) is 3.